The molecule has 0 aromatic heterocycles. The van der Waals surface area contributed by atoms with Gasteiger partial charge in [-0.3, -0.25) is 9.59 Å². The van der Waals surface area contributed by atoms with Crippen LogP contribution in [0, 0.1) is 5.82 Å². The van der Waals surface area contributed by atoms with Gasteiger partial charge in [-0.1, -0.05) is 0 Å². The van der Waals surface area contributed by atoms with Crippen molar-refractivity contribution < 1.29 is 23.5 Å². The Morgan fingerprint density at radius 1 is 1.12 bits per heavy atom. The minimum atomic E-state index is -0.417. The van der Waals surface area contributed by atoms with E-state index in [2.05, 4.69) is 5.32 Å². The van der Waals surface area contributed by atoms with Gasteiger partial charge in [-0.2, -0.15) is 0 Å². The number of carbonyl (C=O) groups excluding carboxylic acids is 2. The monoisotopic (exact) mass is 442 g/mol. The molecule has 7 heteroatoms. The molecule has 0 bridgehead atoms. The predicted octanol–water partition coefficient (Wildman–Crippen LogP) is 4.56. The quantitative estimate of drug-likeness (QED) is 0.578. The lowest BCUT2D eigenvalue weighted by atomic mass is 10.00. The molecule has 1 heterocycles. The van der Waals surface area contributed by atoms with Gasteiger partial charge in [0, 0.05) is 61.5 Å². The molecule has 0 radical (unpaired) electrons. The maximum atomic E-state index is 14.9. The largest absolute Gasteiger partial charge is 0.493 e. The van der Waals surface area contributed by atoms with Crippen molar-refractivity contribution in [2.24, 2.45) is 0 Å². The minimum Gasteiger partial charge on any atom is -0.493 e. The first-order valence-electron chi connectivity index (χ1n) is 11.1. The van der Waals surface area contributed by atoms with Crippen LogP contribution in [0.15, 0.2) is 36.4 Å². The second-order valence-electron chi connectivity index (χ2n) is 8.20. The van der Waals surface area contributed by atoms with Gasteiger partial charge in [-0.05, 0) is 63.1 Å². The van der Waals surface area contributed by atoms with E-state index < -0.39 is 5.82 Å². The summed E-state index contributed by atoms with van der Waals surface area (Å²) >= 11 is 0. The third-order valence-electron chi connectivity index (χ3n) is 5.29. The summed E-state index contributed by atoms with van der Waals surface area (Å²) < 4.78 is 25.9. The van der Waals surface area contributed by atoms with Crippen molar-refractivity contribution in [2.45, 2.75) is 45.6 Å². The fourth-order valence-electron chi connectivity index (χ4n) is 3.70. The third kappa shape index (κ3) is 5.85. The van der Waals surface area contributed by atoms with Gasteiger partial charge in [0.2, 0.25) is 5.91 Å². The number of anilines is 1. The molecule has 3 rings (SSSR count). The Morgan fingerprint density at radius 3 is 2.66 bits per heavy atom. The number of carbonyl (C=O) groups is 2. The van der Waals surface area contributed by atoms with Crippen LogP contribution in [-0.2, 0) is 9.53 Å². The Labute approximate surface area is 188 Å². The maximum absolute atomic E-state index is 14.9. The van der Waals surface area contributed by atoms with E-state index in [4.69, 9.17) is 9.47 Å². The summed E-state index contributed by atoms with van der Waals surface area (Å²) in [4.78, 5) is 26.6. The average Bonchev–Trinajstić information content (AvgIpc) is 2.77. The highest BCUT2D eigenvalue weighted by atomic mass is 19.1. The van der Waals surface area contributed by atoms with Gasteiger partial charge >= 0.3 is 0 Å². The topological polar surface area (TPSA) is 67.9 Å². The Kier molecular flexibility index (Phi) is 8.22. The average molecular weight is 443 g/mol. The molecule has 0 saturated carbocycles. The molecule has 1 saturated heterocycles. The molecule has 1 aliphatic rings. The van der Waals surface area contributed by atoms with E-state index in [1.54, 1.807) is 42.3 Å². The van der Waals surface area contributed by atoms with Crippen molar-refractivity contribution in [3.05, 3.63) is 47.8 Å². The van der Waals surface area contributed by atoms with Crippen molar-refractivity contribution in [2.75, 3.05) is 31.8 Å². The first kappa shape index (κ1) is 23.7. The molecule has 0 atom stereocenters. The number of hydrogen-bond donors (Lipinski definition) is 1. The summed E-state index contributed by atoms with van der Waals surface area (Å²) in [6.45, 7) is 5.29. The number of nitrogens with one attached hydrogen (secondary N) is 1. The van der Waals surface area contributed by atoms with Gasteiger partial charge in [0.25, 0.3) is 5.91 Å². The Hall–Kier alpha value is -2.93. The van der Waals surface area contributed by atoms with E-state index in [0.717, 1.165) is 12.8 Å². The molecule has 2 aromatic carbocycles. The summed E-state index contributed by atoms with van der Waals surface area (Å²) in [7, 11) is 1.62. The zero-order chi connectivity index (χ0) is 23.1. The van der Waals surface area contributed by atoms with Crippen LogP contribution in [0.25, 0.3) is 11.1 Å². The van der Waals surface area contributed by atoms with Crippen LogP contribution in [0.1, 0.15) is 49.9 Å². The summed E-state index contributed by atoms with van der Waals surface area (Å²) in [6.07, 6.45) is 2.96. The van der Waals surface area contributed by atoms with Gasteiger partial charge < -0.3 is 19.7 Å². The lowest BCUT2D eigenvalue weighted by molar-refractivity contribution is -0.119. The lowest BCUT2D eigenvalue weighted by Gasteiger charge is -2.27. The molecule has 1 N–H and O–H groups in total. The lowest BCUT2D eigenvalue weighted by Crippen LogP contribution is -2.35. The van der Waals surface area contributed by atoms with Crippen molar-refractivity contribution in [1.29, 1.82) is 0 Å². The van der Waals surface area contributed by atoms with Gasteiger partial charge in [0.05, 0.1) is 6.61 Å². The molecular weight excluding hydrogens is 411 g/mol. The van der Waals surface area contributed by atoms with Crippen LogP contribution < -0.4 is 15.0 Å². The van der Waals surface area contributed by atoms with Crippen molar-refractivity contribution in [3.63, 3.8) is 0 Å². The normalized spacial score (nSPS) is 14.0. The molecule has 1 aliphatic heterocycles. The molecule has 2 aromatic rings. The highest BCUT2D eigenvalue weighted by Gasteiger charge is 2.22. The highest BCUT2D eigenvalue weighted by molar-refractivity contribution is 5.97. The number of rotatable bonds is 9. The number of hydrogen-bond acceptors (Lipinski definition) is 4. The van der Waals surface area contributed by atoms with E-state index in [0.29, 0.717) is 60.7 Å². The fraction of sp³-hybridized carbons (Fsp3) is 0.440. The van der Waals surface area contributed by atoms with E-state index in [1.165, 1.54) is 6.07 Å². The van der Waals surface area contributed by atoms with Crippen LogP contribution in [0.4, 0.5) is 10.1 Å². The van der Waals surface area contributed by atoms with E-state index in [9.17, 15) is 14.0 Å². The summed E-state index contributed by atoms with van der Waals surface area (Å²) in [6, 6.07) is 9.67. The van der Waals surface area contributed by atoms with Gasteiger partial charge in [0.1, 0.15) is 11.6 Å². The molecule has 0 spiro atoms. The first-order chi connectivity index (χ1) is 15.4. The van der Waals surface area contributed by atoms with Crippen molar-refractivity contribution in [1.82, 2.24) is 5.32 Å². The first-order valence-corrected chi connectivity index (χ1v) is 11.1. The highest BCUT2D eigenvalue weighted by Crippen LogP contribution is 2.36. The Balaban J connectivity index is 1.98. The Morgan fingerprint density at radius 2 is 1.94 bits per heavy atom. The zero-order valence-electron chi connectivity index (χ0n) is 18.9. The van der Waals surface area contributed by atoms with Crippen LogP contribution in [-0.4, -0.2) is 44.7 Å². The second kappa shape index (κ2) is 11.1. The maximum Gasteiger partial charge on any atom is 0.251 e. The van der Waals surface area contributed by atoms with Gasteiger partial charge in [-0.25, -0.2) is 4.39 Å². The van der Waals surface area contributed by atoms with Crippen molar-refractivity contribution in [3.8, 4) is 16.9 Å². The standard InChI is InChI=1S/C25H31FN2O4/c1-17(2)27-25(30)18-8-10-20(23(15-18)32-14-6-13-31-3)21-16-19(9-11-22(21)26)28-12-5-4-7-24(28)29/h8-11,15-17H,4-7,12-14H2,1-3H3,(H,27,30). The molecule has 2 amide bonds. The number of nitrogens with zero attached hydrogens (tertiary/aromatic N) is 1. The van der Waals surface area contributed by atoms with E-state index in [1.807, 2.05) is 13.8 Å². The number of benzene rings is 2. The second-order valence-corrected chi connectivity index (χ2v) is 8.20. The number of amides is 2. The van der Waals surface area contributed by atoms with Gasteiger partial charge in [-0.15, -0.1) is 0 Å². The molecule has 0 unspecified atom stereocenters. The van der Waals surface area contributed by atoms with Crippen LogP contribution in [0.3, 0.4) is 0 Å². The summed E-state index contributed by atoms with van der Waals surface area (Å²) in [5.74, 6) is -0.176. The fourth-order valence-corrected chi connectivity index (χ4v) is 3.70. The minimum absolute atomic E-state index is 0.00977. The van der Waals surface area contributed by atoms with E-state index in [-0.39, 0.29) is 17.9 Å². The van der Waals surface area contributed by atoms with Crippen molar-refractivity contribution >= 4 is 17.5 Å². The third-order valence-corrected chi connectivity index (χ3v) is 5.29. The number of halogens is 1. The summed E-state index contributed by atoms with van der Waals surface area (Å²) in [5.41, 5.74) is 1.97. The zero-order valence-corrected chi connectivity index (χ0v) is 18.9. The SMILES string of the molecule is COCCCOc1cc(C(=O)NC(C)C)ccc1-c1cc(N2CCCCC2=O)ccc1F. The summed E-state index contributed by atoms with van der Waals surface area (Å²) in [5, 5.41) is 2.86. The molecule has 1 fully saturated rings. The molecular formula is C25H31FN2O4. The molecule has 32 heavy (non-hydrogen) atoms. The number of ether oxygens (including phenoxy) is 2. The molecule has 172 valence electrons. The van der Waals surface area contributed by atoms with E-state index >= 15 is 0 Å². The van der Waals surface area contributed by atoms with Crippen LogP contribution in [0.2, 0.25) is 0 Å². The number of methoxy groups -OCH3 is 1. The smallest absolute Gasteiger partial charge is 0.251 e. The molecule has 6 nitrogen and oxygen atoms in total. The predicted molar refractivity (Wildman–Crippen MR) is 123 cm³/mol. The number of piperidine rings is 1. The Bertz CT molecular complexity index is 961. The van der Waals surface area contributed by atoms with Crippen LogP contribution >= 0.6 is 0 Å². The van der Waals surface area contributed by atoms with Gasteiger partial charge in [0.15, 0.2) is 0 Å². The van der Waals surface area contributed by atoms with Crippen LogP contribution in [0.5, 0.6) is 5.75 Å². The molecule has 0 aliphatic carbocycles.